The number of piperazine rings is 1. The lowest BCUT2D eigenvalue weighted by atomic mass is 10.1. The summed E-state index contributed by atoms with van der Waals surface area (Å²) in [4.78, 5) is 28.5. The molecule has 1 aromatic heterocycles. The van der Waals surface area contributed by atoms with Gasteiger partial charge in [0.2, 0.25) is 11.8 Å². The van der Waals surface area contributed by atoms with Crippen LogP contribution in [0.25, 0.3) is 0 Å². The van der Waals surface area contributed by atoms with Gasteiger partial charge in [0.1, 0.15) is 6.54 Å². The number of amides is 2. The monoisotopic (exact) mass is 326 g/mol. The van der Waals surface area contributed by atoms with Crippen LogP contribution in [-0.2, 0) is 16.1 Å². The molecule has 6 heteroatoms. The number of benzene rings is 1. The SMILES string of the molecule is Cc1ccccc1N1C[C@H](C)N(C(=O)CCn2cccn2)CC1=O. The van der Waals surface area contributed by atoms with Crippen LogP contribution < -0.4 is 4.90 Å². The minimum absolute atomic E-state index is 0.00390. The van der Waals surface area contributed by atoms with Crippen molar-refractivity contribution >= 4 is 17.5 Å². The van der Waals surface area contributed by atoms with Crippen LogP contribution in [0.1, 0.15) is 18.9 Å². The fourth-order valence-corrected chi connectivity index (χ4v) is 3.07. The van der Waals surface area contributed by atoms with Gasteiger partial charge in [0.05, 0.1) is 0 Å². The molecule has 2 amide bonds. The maximum absolute atomic E-state index is 12.6. The van der Waals surface area contributed by atoms with E-state index >= 15 is 0 Å². The highest BCUT2D eigenvalue weighted by Gasteiger charge is 2.33. The van der Waals surface area contributed by atoms with Crippen molar-refractivity contribution < 1.29 is 9.59 Å². The van der Waals surface area contributed by atoms with Crippen LogP contribution in [0.2, 0.25) is 0 Å². The molecule has 0 unspecified atom stereocenters. The van der Waals surface area contributed by atoms with Crippen molar-refractivity contribution in [3.63, 3.8) is 0 Å². The van der Waals surface area contributed by atoms with E-state index in [-0.39, 0.29) is 24.4 Å². The summed E-state index contributed by atoms with van der Waals surface area (Å²) in [5.41, 5.74) is 1.99. The smallest absolute Gasteiger partial charge is 0.246 e. The van der Waals surface area contributed by atoms with E-state index in [0.29, 0.717) is 19.5 Å². The zero-order valence-corrected chi connectivity index (χ0v) is 14.1. The van der Waals surface area contributed by atoms with Crippen LogP contribution in [0.15, 0.2) is 42.7 Å². The number of para-hydroxylation sites is 1. The van der Waals surface area contributed by atoms with Gasteiger partial charge in [-0.15, -0.1) is 0 Å². The van der Waals surface area contributed by atoms with Gasteiger partial charge in [-0.05, 0) is 31.5 Å². The number of nitrogens with zero attached hydrogens (tertiary/aromatic N) is 4. The Hall–Kier alpha value is -2.63. The van der Waals surface area contributed by atoms with Gasteiger partial charge in [0, 0.05) is 43.6 Å². The highest BCUT2D eigenvalue weighted by atomic mass is 16.2. The summed E-state index contributed by atoms with van der Waals surface area (Å²) >= 11 is 0. The summed E-state index contributed by atoms with van der Waals surface area (Å²) in [5, 5.41) is 4.10. The van der Waals surface area contributed by atoms with Crippen molar-refractivity contribution in [3.05, 3.63) is 48.3 Å². The molecular formula is C18H22N4O2. The van der Waals surface area contributed by atoms with E-state index in [1.807, 2.05) is 50.4 Å². The second-order valence-electron chi connectivity index (χ2n) is 6.18. The molecule has 0 radical (unpaired) electrons. The number of aryl methyl sites for hydroxylation is 2. The molecule has 1 aliphatic heterocycles. The Balaban J connectivity index is 1.66. The predicted octanol–water partition coefficient (Wildman–Crippen LogP) is 1.85. The summed E-state index contributed by atoms with van der Waals surface area (Å²) < 4.78 is 1.73. The Morgan fingerprint density at radius 1 is 1.29 bits per heavy atom. The highest BCUT2D eigenvalue weighted by Crippen LogP contribution is 2.24. The van der Waals surface area contributed by atoms with Crippen molar-refractivity contribution in [2.24, 2.45) is 0 Å². The van der Waals surface area contributed by atoms with Crippen molar-refractivity contribution in [3.8, 4) is 0 Å². The van der Waals surface area contributed by atoms with Crippen LogP contribution >= 0.6 is 0 Å². The van der Waals surface area contributed by atoms with Gasteiger partial charge in [0.15, 0.2) is 0 Å². The number of carbonyl (C=O) groups is 2. The average Bonchev–Trinajstić information content (AvgIpc) is 3.08. The topological polar surface area (TPSA) is 58.4 Å². The Morgan fingerprint density at radius 2 is 2.08 bits per heavy atom. The van der Waals surface area contributed by atoms with Gasteiger partial charge >= 0.3 is 0 Å². The van der Waals surface area contributed by atoms with E-state index < -0.39 is 0 Å². The van der Waals surface area contributed by atoms with Crippen molar-refractivity contribution in [1.29, 1.82) is 0 Å². The Labute approximate surface area is 141 Å². The summed E-state index contributed by atoms with van der Waals surface area (Å²) in [5.74, 6) is -0.0365. The molecule has 0 bridgehead atoms. The Morgan fingerprint density at radius 3 is 2.79 bits per heavy atom. The maximum atomic E-state index is 12.6. The summed E-state index contributed by atoms with van der Waals surface area (Å²) in [6.45, 7) is 5.17. The molecule has 1 aliphatic rings. The van der Waals surface area contributed by atoms with E-state index in [0.717, 1.165) is 11.3 Å². The zero-order chi connectivity index (χ0) is 17.1. The first-order chi connectivity index (χ1) is 11.6. The molecule has 3 rings (SSSR count). The van der Waals surface area contributed by atoms with Gasteiger partial charge in [-0.25, -0.2) is 0 Å². The molecule has 1 saturated heterocycles. The lowest BCUT2D eigenvalue weighted by Gasteiger charge is -2.40. The fourth-order valence-electron chi connectivity index (χ4n) is 3.07. The van der Waals surface area contributed by atoms with Crippen LogP contribution in [-0.4, -0.2) is 45.6 Å². The minimum atomic E-state index is -0.0326. The third kappa shape index (κ3) is 3.32. The normalized spacial score (nSPS) is 18.1. The number of aromatic nitrogens is 2. The predicted molar refractivity (Wildman–Crippen MR) is 91.6 cm³/mol. The van der Waals surface area contributed by atoms with Crippen LogP contribution in [0.4, 0.5) is 5.69 Å². The maximum Gasteiger partial charge on any atom is 0.246 e. The van der Waals surface area contributed by atoms with Crippen molar-refractivity contribution in [2.45, 2.75) is 32.9 Å². The standard InChI is InChI=1S/C18H22N4O2/c1-14-6-3-4-7-16(14)22-12-15(2)21(13-18(22)24)17(23)8-11-20-10-5-9-19-20/h3-7,9-10,15H,8,11-13H2,1-2H3/t15-/m0/s1. The molecule has 2 aromatic rings. The first kappa shape index (κ1) is 16.2. The van der Waals surface area contributed by atoms with Crippen LogP contribution in [0, 0.1) is 6.92 Å². The quantitative estimate of drug-likeness (QED) is 0.861. The van der Waals surface area contributed by atoms with Crippen LogP contribution in [0.5, 0.6) is 0 Å². The summed E-state index contributed by atoms with van der Waals surface area (Å²) in [7, 11) is 0. The summed E-state index contributed by atoms with van der Waals surface area (Å²) in [6.07, 6.45) is 3.87. The third-order valence-electron chi connectivity index (χ3n) is 4.43. The molecular weight excluding hydrogens is 304 g/mol. The number of anilines is 1. The van der Waals surface area contributed by atoms with Crippen LogP contribution in [0.3, 0.4) is 0 Å². The molecule has 2 heterocycles. The number of carbonyl (C=O) groups excluding carboxylic acids is 2. The summed E-state index contributed by atoms with van der Waals surface area (Å²) in [6, 6.07) is 9.66. The number of rotatable bonds is 4. The second kappa shape index (κ2) is 6.86. The molecule has 1 fully saturated rings. The Bertz CT molecular complexity index is 726. The first-order valence-corrected chi connectivity index (χ1v) is 8.19. The molecule has 0 N–H and O–H groups in total. The number of hydrogen-bond acceptors (Lipinski definition) is 3. The first-order valence-electron chi connectivity index (χ1n) is 8.19. The molecule has 0 spiro atoms. The molecule has 1 atom stereocenters. The minimum Gasteiger partial charge on any atom is -0.329 e. The lowest BCUT2D eigenvalue weighted by molar-refractivity contribution is -0.139. The highest BCUT2D eigenvalue weighted by molar-refractivity contribution is 5.98. The van der Waals surface area contributed by atoms with Gasteiger partial charge in [-0.3, -0.25) is 14.3 Å². The second-order valence-corrected chi connectivity index (χ2v) is 6.18. The lowest BCUT2D eigenvalue weighted by Crippen LogP contribution is -2.57. The largest absolute Gasteiger partial charge is 0.329 e. The fraction of sp³-hybridized carbons (Fsp3) is 0.389. The van der Waals surface area contributed by atoms with Gasteiger partial charge in [-0.2, -0.15) is 5.10 Å². The Kier molecular flexibility index (Phi) is 4.64. The van der Waals surface area contributed by atoms with E-state index in [4.69, 9.17) is 0 Å². The van der Waals surface area contributed by atoms with E-state index in [2.05, 4.69) is 5.10 Å². The molecule has 6 nitrogen and oxygen atoms in total. The molecule has 0 saturated carbocycles. The molecule has 1 aromatic carbocycles. The number of hydrogen-bond donors (Lipinski definition) is 0. The van der Waals surface area contributed by atoms with Gasteiger partial charge in [-0.1, -0.05) is 18.2 Å². The van der Waals surface area contributed by atoms with E-state index in [1.165, 1.54) is 0 Å². The van der Waals surface area contributed by atoms with Gasteiger partial charge in [0.25, 0.3) is 0 Å². The molecule has 0 aliphatic carbocycles. The van der Waals surface area contributed by atoms with Gasteiger partial charge < -0.3 is 9.80 Å². The zero-order valence-electron chi connectivity index (χ0n) is 14.1. The van der Waals surface area contributed by atoms with E-state index in [1.54, 1.807) is 20.7 Å². The molecule has 24 heavy (non-hydrogen) atoms. The molecule has 126 valence electrons. The van der Waals surface area contributed by atoms with E-state index in [9.17, 15) is 9.59 Å². The van der Waals surface area contributed by atoms with Crippen molar-refractivity contribution in [2.75, 3.05) is 18.0 Å². The third-order valence-corrected chi connectivity index (χ3v) is 4.43. The average molecular weight is 326 g/mol. The van der Waals surface area contributed by atoms with Crippen molar-refractivity contribution in [1.82, 2.24) is 14.7 Å².